The Bertz CT molecular complexity index is 450. The highest BCUT2D eigenvalue weighted by Crippen LogP contribution is 2.37. The molecule has 1 aromatic heterocycles. The van der Waals surface area contributed by atoms with Crippen molar-refractivity contribution in [3.05, 3.63) is 32.6 Å². The van der Waals surface area contributed by atoms with E-state index in [0.717, 1.165) is 14.8 Å². The lowest BCUT2D eigenvalue weighted by Gasteiger charge is -1.97. The molecule has 0 bridgehead atoms. The average molecular weight is 340 g/mol. The molecule has 1 heterocycles. The average Bonchev–Trinajstić information content (AvgIpc) is 2.55. The van der Waals surface area contributed by atoms with Crippen molar-refractivity contribution in [2.45, 2.75) is 5.33 Å². The van der Waals surface area contributed by atoms with E-state index >= 15 is 0 Å². The molecule has 0 spiro atoms. The van der Waals surface area contributed by atoms with Crippen molar-refractivity contribution >= 4 is 64.9 Å². The molecule has 0 aliphatic carbocycles. The Morgan fingerprint density at radius 1 is 1.38 bits per heavy atom. The monoisotopic (exact) mass is 338 g/mol. The van der Waals surface area contributed by atoms with Crippen LogP contribution in [0.5, 0.6) is 0 Å². The predicted molar refractivity (Wildman–Crippen MR) is 67.2 cm³/mol. The van der Waals surface area contributed by atoms with Gasteiger partial charge in [0.1, 0.15) is 0 Å². The Morgan fingerprint density at radius 2 is 2.15 bits per heavy atom. The molecule has 1 aromatic carbocycles. The normalized spacial score (nSPS) is 11.0. The molecule has 68 valence electrons. The molecule has 0 aliphatic rings. The Labute approximate surface area is 102 Å². The van der Waals surface area contributed by atoms with Crippen LogP contribution in [0.15, 0.2) is 22.0 Å². The smallest absolute Gasteiger partial charge is 0.0562 e. The number of hydrogen-bond acceptors (Lipinski definition) is 1. The number of thiophene rings is 1. The lowest BCUT2D eigenvalue weighted by Crippen LogP contribution is -1.74. The molecule has 0 unspecified atom stereocenters. The topological polar surface area (TPSA) is 0 Å². The van der Waals surface area contributed by atoms with Crippen molar-refractivity contribution in [3.63, 3.8) is 0 Å². The summed E-state index contributed by atoms with van der Waals surface area (Å²) in [6.45, 7) is 0. The maximum absolute atomic E-state index is 5.99. The summed E-state index contributed by atoms with van der Waals surface area (Å²) in [7, 11) is 0. The van der Waals surface area contributed by atoms with Gasteiger partial charge in [0, 0.05) is 5.33 Å². The largest absolute Gasteiger partial charge is 0.142 e. The Hall–Kier alpha value is 0.430. The number of benzene rings is 1. The van der Waals surface area contributed by atoms with Gasteiger partial charge in [-0.15, -0.1) is 11.3 Å². The van der Waals surface area contributed by atoms with Crippen LogP contribution in [-0.4, -0.2) is 0 Å². The van der Waals surface area contributed by atoms with Crippen LogP contribution in [0.2, 0.25) is 5.02 Å². The van der Waals surface area contributed by atoms with Gasteiger partial charge in [-0.05, 0) is 38.3 Å². The quantitative estimate of drug-likeness (QED) is 0.625. The van der Waals surface area contributed by atoms with Crippen molar-refractivity contribution in [3.8, 4) is 0 Å². The zero-order chi connectivity index (χ0) is 9.42. The van der Waals surface area contributed by atoms with Gasteiger partial charge in [0.25, 0.3) is 0 Å². The number of rotatable bonds is 1. The van der Waals surface area contributed by atoms with Crippen LogP contribution in [0.25, 0.3) is 10.1 Å². The first-order valence-electron chi connectivity index (χ1n) is 3.64. The maximum atomic E-state index is 5.99. The van der Waals surface area contributed by atoms with E-state index in [-0.39, 0.29) is 0 Å². The SMILES string of the molecule is Clc1ccc2c(CBr)csc2c1Br. The van der Waals surface area contributed by atoms with Gasteiger partial charge >= 0.3 is 0 Å². The van der Waals surface area contributed by atoms with Crippen molar-refractivity contribution < 1.29 is 0 Å². The summed E-state index contributed by atoms with van der Waals surface area (Å²) < 4.78 is 2.23. The van der Waals surface area contributed by atoms with Gasteiger partial charge in [-0.25, -0.2) is 0 Å². The van der Waals surface area contributed by atoms with Gasteiger partial charge in [-0.1, -0.05) is 33.6 Å². The summed E-state index contributed by atoms with van der Waals surface area (Å²) in [5, 5.41) is 5.09. The molecule has 13 heavy (non-hydrogen) atoms. The molecule has 0 amide bonds. The molecule has 0 N–H and O–H groups in total. The summed E-state index contributed by atoms with van der Waals surface area (Å²) in [4.78, 5) is 0. The molecule has 0 atom stereocenters. The first-order chi connectivity index (χ1) is 6.24. The first kappa shape index (κ1) is 9.97. The van der Waals surface area contributed by atoms with Gasteiger partial charge in [-0.2, -0.15) is 0 Å². The zero-order valence-electron chi connectivity index (χ0n) is 6.48. The second-order valence-corrected chi connectivity index (χ2v) is 5.27. The molecule has 0 nitrogen and oxygen atoms in total. The maximum Gasteiger partial charge on any atom is 0.0562 e. The molecule has 0 fully saturated rings. The van der Waals surface area contributed by atoms with Crippen LogP contribution in [0.4, 0.5) is 0 Å². The van der Waals surface area contributed by atoms with Crippen molar-refractivity contribution in [2.75, 3.05) is 0 Å². The minimum absolute atomic E-state index is 0.774. The molecule has 2 aromatic rings. The van der Waals surface area contributed by atoms with E-state index in [1.54, 1.807) is 11.3 Å². The fraction of sp³-hybridized carbons (Fsp3) is 0.111. The highest BCUT2D eigenvalue weighted by molar-refractivity contribution is 9.10. The van der Waals surface area contributed by atoms with Gasteiger partial charge < -0.3 is 0 Å². The molecule has 4 heteroatoms. The first-order valence-corrected chi connectivity index (χ1v) is 6.81. The summed E-state index contributed by atoms with van der Waals surface area (Å²) in [5.41, 5.74) is 1.32. The van der Waals surface area contributed by atoms with Gasteiger partial charge in [0.2, 0.25) is 0 Å². The molecule has 0 aliphatic heterocycles. The second kappa shape index (κ2) is 3.89. The van der Waals surface area contributed by atoms with E-state index in [1.165, 1.54) is 15.6 Å². The lowest BCUT2D eigenvalue weighted by atomic mass is 10.2. The van der Waals surface area contributed by atoms with Crippen LogP contribution < -0.4 is 0 Å². The molecular weight excluding hydrogens is 335 g/mol. The van der Waals surface area contributed by atoms with E-state index in [0.29, 0.717) is 0 Å². The summed E-state index contributed by atoms with van der Waals surface area (Å²) >= 11 is 14.7. The fourth-order valence-corrected chi connectivity index (χ4v) is 3.72. The Balaban J connectivity index is 2.81. The van der Waals surface area contributed by atoms with Crippen molar-refractivity contribution in [2.24, 2.45) is 0 Å². The van der Waals surface area contributed by atoms with E-state index in [9.17, 15) is 0 Å². The molecular formula is C9H5Br2ClS. The van der Waals surface area contributed by atoms with Crippen LogP contribution in [0, 0.1) is 0 Å². The van der Waals surface area contributed by atoms with E-state index < -0.39 is 0 Å². The van der Waals surface area contributed by atoms with E-state index in [4.69, 9.17) is 11.6 Å². The van der Waals surface area contributed by atoms with E-state index in [2.05, 4.69) is 43.3 Å². The van der Waals surface area contributed by atoms with Crippen molar-refractivity contribution in [1.82, 2.24) is 0 Å². The number of hydrogen-bond donors (Lipinski definition) is 0. The predicted octanol–water partition coefficient (Wildman–Crippen LogP) is 5.21. The third-order valence-corrected chi connectivity index (χ3v) is 5.15. The molecule has 0 saturated carbocycles. The number of halogens is 3. The minimum Gasteiger partial charge on any atom is -0.142 e. The summed E-state index contributed by atoms with van der Waals surface area (Å²) in [6, 6.07) is 3.99. The van der Waals surface area contributed by atoms with Crippen LogP contribution in [0.3, 0.4) is 0 Å². The Kier molecular flexibility index (Phi) is 2.98. The molecule has 0 saturated heterocycles. The zero-order valence-corrected chi connectivity index (χ0v) is 11.2. The second-order valence-electron chi connectivity index (χ2n) is 2.63. The third-order valence-electron chi connectivity index (χ3n) is 1.86. The van der Waals surface area contributed by atoms with Crippen LogP contribution in [0.1, 0.15) is 5.56 Å². The number of fused-ring (bicyclic) bond motifs is 1. The van der Waals surface area contributed by atoms with Crippen LogP contribution >= 0.6 is 54.8 Å². The molecule has 0 radical (unpaired) electrons. The minimum atomic E-state index is 0.774. The van der Waals surface area contributed by atoms with Gasteiger partial charge in [0.05, 0.1) is 14.2 Å². The number of alkyl halides is 1. The summed E-state index contributed by atoms with van der Waals surface area (Å²) in [5.74, 6) is 0. The lowest BCUT2D eigenvalue weighted by molar-refractivity contribution is 1.54. The summed E-state index contributed by atoms with van der Waals surface area (Å²) in [6.07, 6.45) is 0. The standard InChI is InChI=1S/C9H5Br2ClS/c10-3-5-4-13-9-6(5)1-2-7(12)8(9)11/h1-2,4H,3H2. The molecule has 2 rings (SSSR count). The van der Waals surface area contributed by atoms with Gasteiger partial charge in [0.15, 0.2) is 0 Å². The highest BCUT2D eigenvalue weighted by atomic mass is 79.9. The van der Waals surface area contributed by atoms with Gasteiger partial charge in [-0.3, -0.25) is 0 Å². The van der Waals surface area contributed by atoms with Crippen molar-refractivity contribution in [1.29, 1.82) is 0 Å². The highest BCUT2D eigenvalue weighted by Gasteiger charge is 2.08. The Morgan fingerprint density at radius 3 is 2.85 bits per heavy atom. The third kappa shape index (κ3) is 1.67. The van der Waals surface area contributed by atoms with Crippen LogP contribution in [-0.2, 0) is 5.33 Å². The fourth-order valence-electron chi connectivity index (χ4n) is 1.20. The van der Waals surface area contributed by atoms with E-state index in [1.807, 2.05) is 6.07 Å².